The van der Waals surface area contributed by atoms with Crippen LogP contribution in [0.15, 0.2) is 24.2 Å². The highest BCUT2D eigenvalue weighted by atomic mass is 19.1. The third-order valence-corrected chi connectivity index (χ3v) is 4.48. The van der Waals surface area contributed by atoms with Crippen molar-refractivity contribution in [2.75, 3.05) is 26.2 Å². The quantitative estimate of drug-likeness (QED) is 0.645. The van der Waals surface area contributed by atoms with Gasteiger partial charge in [-0.15, -0.1) is 5.53 Å². The molecule has 1 saturated heterocycles. The zero-order valence-electron chi connectivity index (χ0n) is 14.3. The van der Waals surface area contributed by atoms with Crippen LogP contribution >= 0.6 is 0 Å². The van der Waals surface area contributed by atoms with E-state index in [1.165, 1.54) is 25.4 Å². The highest BCUT2D eigenvalue weighted by Crippen LogP contribution is 2.19. The van der Waals surface area contributed by atoms with Gasteiger partial charge in [0.15, 0.2) is 0 Å². The number of hydrazine groups is 2. The number of likely N-dealkylation sites (tertiary alicyclic amines) is 1. The molecule has 1 aromatic heterocycles. The first-order valence-corrected chi connectivity index (χ1v) is 8.40. The van der Waals surface area contributed by atoms with Crippen molar-refractivity contribution in [2.45, 2.75) is 12.8 Å². The molecule has 8 nitrogen and oxygen atoms in total. The van der Waals surface area contributed by atoms with E-state index in [4.69, 9.17) is 5.73 Å². The first-order valence-electron chi connectivity index (χ1n) is 8.40. The molecule has 1 amide bonds. The molecule has 3 rings (SSSR count). The predicted octanol–water partition coefficient (Wildman–Crippen LogP) is -0.0641. The molecule has 2 aliphatic heterocycles. The summed E-state index contributed by atoms with van der Waals surface area (Å²) in [6.07, 6.45) is 8.29. The van der Waals surface area contributed by atoms with Crippen molar-refractivity contribution in [3.8, 4) is 0 Å². The van der Waals surface area contributed by atoms with E-state index in [1.807, 2.05) is 16.1 Å². The number of carbonyl (C=O) groups excluding carboxylic acids is 1. The lowest BCUT2D eigenvalue weighted by Crippen LogP contribution is -2.45. The van der Waals surface area contributed by atoms with E-state index >= 15 is 0 Å². The summed E-state index contributed by atoms with van der Waals surface area (Å²) >= 11 is 0. The lowest BCUT2D eigenvalue weighted by molar-refractivity contribution is -0.127. The summed E-state index contributed by atoms with van der Waals surface area (Å²) in [7, 11) is 1.52. The van der Waals surface area contributed by atoms with Gasteiger partial charge in [0.2, 0.25) is 11.9 Å². The molecule has 0 bridgehead atoms. The maximum Gasteiger partial charge on any atom is 0.246 e. The number of nitrogens with zero attached hydrogens (tertiary/aromatic N) is 4. The van der Waals surface area contributed by atoms with Crippen LogP contribution in [0.4, 0.5) is 4.39 Å². The third kappa shape index (κ3) is 4.18. The van der Waals surface area contributed by atoms with Gasteiger partial charge in [0.05, 0.1) is 11.9 Å². The van der Waals surface area contributed by atoms with E-state index in [2.05, 4.69) is 16.1 Å². The topological polar surface area (TPSA) is 91.5 Å². The summed E-state index contributed by atoms with van der Waals surface area (Å²) in [5.74, 6) is -0.182. The monoisotopic (exact) mass is 349 g/mol. The van der Waals surface area contributed by atoms with E-state index < -0.39 is 5.95 Å². The third-order valence-electron chi connectivity index (χ3n) is 4.48. The number of aryl methyl sites for hydroxylation is 1. The minimum Gasteiger partial charge on any atom is -0.339 e. The first kappa shape index (κ1) is 17.4. The van der Waals surface area contributed by atoms with Gasteiger partial charge in [0, 0.05) is 51.1 Å². The number of piperidine rings is 1. The molecule has 25 heavy (non-hydrogen) atoms. The van der Waals surface area contributed by atoms with Crippen LogP contribution in [0.3, 0.4) is 0 Å². The van der Waals surface area contributed by atoms with E-state index in [1.54, 1.807) is 0 Å². The van der Waals surface area contributed by atoms with E-state index in [9.17, 15) is 9.18 Å². The molecular formula is C16H24FN7O. The maximum atomic E-state index is 13.7. The molecule has 1 aromatic rings. The van der Waals surface area contributed by atoms with Crippen LogP contribution in [-0.4, -0.2) is 51.8 Å². The van der Waals surface area contributed by atoms with Crippen molar-refractivity contribution in [3.05, 3.63) is 35.7 Å². The second-order valence-electron chi connectivity index (χ2n) is 6.39. The van der Waals surface area contributed by atoms with Gasteiger partial charge in [-0.2, -0.15) is 9.49 Å². The number of aromatic nitrogens is 2. The molecule has 0 unspecified atom stereocenters. The van der Waals surface area contributed by atoms with Gasteiger partial charge in [0.1, 0.15) is 0 Å². The smallest absolute Gasteiger partial charge is 0.246 e. The molecule has 9 heteroatoms. The molecule has 2 aliphatic rings. The Morgan fingerprint density at radius 1 is 1.56 bits per heavy atom. The molecule has 0 aliphatic carbocycles. The highest BCUT2D eigenvalue weighted by molar-refractivity contribution is 5.91. The van der Waals surface area contributed by atoms with Gasteiger partial charge >= 0.3 is 0 Å². The fourth-order valence-electron chi connectivity index (χ4n) is 3.11. The van der Waals surface area contributed by atoms with E-state index in [0.29, 0.717) is 24.6 Å². The molecule has 0 saturated carbocycles. The van der Waals surface area contributed by atoms with Gasteiger partial charge in [-0.3, -0.25) is 9.80 Å². The van der Waals surface area contributed by atoms with Crippen LogP contribution in [0.2, 0.25) is 0 Å². The Balaban J connectivity index is 1.55. The Kier molecular flexibility index (Phi) is 5.34. The van der Waals surface area contributed by atoms with Crippen LogP contribution in [0.5, 0.6) is 0 Å². The van der Waals surface area contributed by atoms with E-state index in [-0.39, 0.29) is 5.91 Å². The normalized spacial score (nSPS) is 20.9. The number of rotatable bonds is 5. The number of nitrogens with one attached hydrogen (secondary N) is 2. The molecule has 1 atom stereocenters. The number of halogens is 1. The summed E-state index contributed by atoms with van der Waals surface area (Å²) in [5, 5.41) is 5.78. The molecule has 0 aromatic carbocycles. The number of nitrogens with two attached hydrogens (primary N) is 1. The fraction of sp³-hybridized carbons (Fsp3) is 0.500. The van der Waals surface area contributed by atoms with Gasteiger partial charge in [-0.25, -0.2) is 4.68 Å². The van der Waals surface area contributed by atoms with Crippen molar-refractivity contribution < 1.29 is 9.18 Å². The molecule has 0 radical (unpaired) electrons. The van der Waals surface area contributed by atoms with Crippen LogP contribution in [-0.2, 0) is 11.8 Å². The predicted molar refractivity (Wildman–Crippen MR) is 91.6 cm³/mol. The standard InChI is InChI=1S/C16H24FN7O/c1-22-16(17)13(8-19-22)4-5-15(25)23-6-2-3-12(9-23)10-24-11-14(7-18)20-21-24/h4-5,8,11-12,20-21H,2-3,6-7,9-10,18H2,1H3/b5-4+/t12-/m1/s1. The van der Waals surface area contributed by atoms with Gasteiger partial charge < -0.3 is 16.1 Å². The number of hydrogen-bond acceptors (Lipinski definition) is 6. The summed E-state index contributed by atoms with van der Waals surface area (Å²) in [4.78, 5) is 14.2. The second-order valence-corrected chi connectivity index (χ2v) is 6.39. The zero-order valence-corrected chi connectivity index (χ0v) is 14.3. The zero-order chi connectivity index (χ0) is 17.8. The average Bonchev–Trinajstić information content (AvgIpc) is 3.20. The van der Waals surface area contributed by atoms with Crippen LogP contribution in [0.25, 0.3) is 6.08 Å². The van der Waals surface area contributed by atoms with Crippen molar-refractivity contribution >= 4 is 12.0 Å². The minimum atomic E-state index is -0.448. The fourth-order valence-corrected chi connectivity index (χ4v) is 3.11. The van der Waals surface area contributed by atoms with Gasteiger partial charge in [-0.1, -0.05) is 0 Å². The van der Waals surface area contributed by atoms with Crippen molar-refractivity contribution in [3.63, 3.8) is 0 Å². The van der Waals surface area contributed by atoms with Crippen LogP contribution in [0, 0.1) is 11.9 Å². The summed E-state index contributed by atoms with van der Waals surface area (Å²) < 4.78 is 14.8. The van der Waals surface area contributed by atoms with E-state index in [0.717, 1.165) is 36.3 Å². The van der Waals surface area contributed by atoms with Crippen molar-refractivity contribution in [1.29, 1.82) is 0 Å². The maximum absolute atomic E-state index is 13.7. The summed E-state index contributed by atoms with van der Waals surface area (Å²) in [6.45, 7) is 2.66. The number of carbonyl (C=O) groups is 1. The Morgan fingerprint density at radius 3 is 3.08 bits per heavy atom. The number of amides is 1. The summed E-state index contributed by atoms with van der Waals surface area (Å²) in [6, 6.07) is 0. The highest BCUT2D eigenvalue weighted by Gasteiger charge is 2.25. The molecule has 0 spiro atoms. The lowest BCUT2D eigenvalue weighted by Gasteiger charge is -2.34. The minimum absolute atomic E-state index is 0.0985. The largest absolute Gasteiger partial charge is 0.339 e. The molecule has 1 fully saturated rings. The first-order chi connectivity index (χ1) is 12.1. The Hall–Kier alpha value is -2.39. The molecular weight excluding hydrogens is 325 g/mol. The Labute approximate surface area is 146 Å². The Bertz CT molecular complexity index is 684. The van der Waals surface area contributed by atoms with Crippen molar-refractivity contribution in [1.82, 2.24) is 30.6 Å². The van der Waals surface area contributed by atoms with Crippen LogP contribution in [0.1, 0.15) is 18.4 Å². The Morgan fingerprint density at radius 2 is 2.40 bits per heavy atom. The average molecular weight is 349 g/mol. The van der Waals surface area contributed by atoms with Gasteiger partial charge in [-0.05, 0) is 24.8 Å². The van der Waals surface area contributed by atoms with Crippen LogP contribution < -0.4 is 16.7 Å². The SMILES string of the molecule is Cn1ncc(/C=C/C(=O)N2CCC[C@@H](CN3C=C(CN)NN3)C2)c1F. The van der Waals surface area contributed by atoms with Crippen molar-refractivity contribution in [2.24, 2.45) is 18.7 Å². The number of hydrogen-bond donors (Lipinski definition) is 3. The second kappa shape index (κ2) is 7.66. The summed E-state index contributed by atoms with van der Waals surface area (Å²) in [5.41, 5.74) is 12.9. The molecule has 3 heterocycles. The molecule has 136 valence electrons. The molecule has 4 N–H and O–H groups in total. The van der Waals surface area contributed by atoms with Gasteiger partial charge in [0.25, 0.3) is 0 Å². The lowest BCUT2D eigenvalue weighted by atomic mass is 9.97.